The van der Waals surface area contributed by atoms with Crippen molar-refractivity contribution in [2.75, 3.05) is 20.6 Å². The zero-order valence-electron chi connectivity index (χ0n) is 8.02. The minimum atomic E-state index is 0.892. The summed E-state index contributed by atoms with van der Waals surface area (Å²) < 4.78 is 0. The minimum Gasteiger partial charge on any atom is -0.373 e. The standard InChI is InChI=1S/C9H18N2/c1-6-9(3)11(5)7-8(2)10-4/h3,6-7H2,1-2,4-5H3. The largest absolute Gasteiger partial charge is 0.373 e. The summed E-state index contributed by atoms with van der Waals surface area (Å²) >= 11 is 0. The summed E-state index contributed by atoms with van der Waals surface area (Å²) in [4.78, 5) is 6.21. The number of hydrogen-bond acceptors (Lipinski definition) is 2. The van der Waals surface area contributed by atoms with Gasteiger partial charge in [0.1, 0.15) is 0 Å². The first kappa shape index (κ1) is 10.2. The molecule has 64 valence electrons. The van der Waals surface area contributed by atoms with Crippen LogP contribution >= 0.6 is 0 Å². The van der Waals surface area contributed by atoms with E-state index in [4.69, 9.17) is 0 Å². The Hall–Kier alpha value is -0.790. The van der Waals surface area contributed by atoms with Crippen LogP contribution in [0.4, 0.5) is 0 Å². The molecule has 0 bridgehead atoms. The fourth-order valence-corrected chi connectivity index (χ4v) is 0.796. The third-order valence-electron chi connectivity index (χ3n) is 1.80. The summed E-state index contributed by atoms with van der Waals surface area (Å²) in [5, 5.41) is 0. The Bertz CT molecular complexity index is 159. The zero-order valence-corrected chi connectivity index (χ0v) is 8.02. The highest BCUT2D eigenvalue weighted by Gasteiger charge is 1.99. The van der Waals surface area contributed by atoms with Crippen molar-refractivity contribution < 1.29 is 0 Å². The van der Waals surface area contributed by atoms with Crippen LogP contribution in [0.3, 0.4) is 0 Å². The molecule has 0 saturated heterocycles. The molecule has 0 aromatic carbocycles. The van der Waals surface area contributed by atoms with E-state index >= 15 is 0 Å². The predicted octanol–water partition coefficient (Wildman–Crippen LogP) is 1.93. The van der Waals surface area contributed by atoms with E-state index in [1.54, 1.807) is 0 Å². The Kier molecular flexibility index (Phi) is 4.59. The molecule has 2 nitrogen and oxygen atoms in total. The van der Waals surface area contributed by atoms with Crippen LogP contribution in [0.25, 0.3) is 0 Å². The van der Waals surface area contributed by atoms with Gasteiger partial charge in [-0.25, -0.2) is 0 Å². The molecule has 0 aromatic heterocycles. The van der Waals surface area contributed by atoms with Gasteiger partial charge in [0, 0.05) is 25.5 Å². The highest BCUT2D eigenvalue weighted by Crippen LogP contribution is 2.01. The van der Waals surface area contributed by atoms with Gasteiger partial charge in [-0.2, -0.15) is 0 Å². The van der Waals surface area contributed by atoms with E-state index in [1.807, 2.05) is 21.0 Å². The maximum atomic E-state index is 4.08. The lowest BCUT2D eigenvalue weighted by Gasteiger charge is -2.20. The van der Waals surface area contributed by atoms with Crippen LogP contribution in [0.5, 0.6) is 0 Å². The molecule has 0 aliphatic rings. The molecule has 0 atom stereocenters. The predicted molar refractivity (Wildman–Crippen MR) is 51.1 cm³/mol. The van der Waals surface area contributed by atoms with Gasteiger partial charge in [-0.15, -0.1) is 0 Å². The molecule has 0 rings (SSSR count). The van der Waals surface area contributed by atoms with Crippen LogP contribution in [0.15, 0.2) is 17.3 Å². The summed E-state index contributed by atoms with van der Waals surface area (Å²) in [6, 6.07) is 0. The van der Waals surface area contributed by atoms with Crippen molar-refractivity contribution in [3.05, 3.63) is 12.3 Å². The molecule has 0 saturated carbocycles. The molecule has 0 amide bonds. The fourth-order valence-electron chi connectivity index (χ4n) is 0.796. The van der Waals surface area contributed by atoms with Gasteiger partial charge < -0.3 is 4.90 Å². The maximum absolute atomic E-state index is 4.08. The van der Waals surface area contributed by atoms with Crippen LogP contribution in [-0.2, 0) is 0 Å². The van der Waals surface area contributed by atoms with Gasteiger partial charge in [-0.05, 0) is 13.3 Å². The molecule has 0 spiro atoms. The second-order valence-electron chi connectivity index (χ2n) is 2.73. The van der Waals surface area contributed by atoms with Gasteiger partial charge in [-0.1, -0.05) is 13.5 Å². The van der Waals surface area contributed by atoms with Crippen molar-refractivity contribution in [2.24, 2.45) is 4.99 Å². The Morgan fingerprint density at radius 2 is 2.09 bits per heavy atom. The van der Waals surface area contributed by atoms with E-state index in [2.05, 4.69) is 23.4 Å². The maximum Gasteiger partial charge on any atom is 0.0548 e. The first-order valence-corrected chi connectivity index (χ1v) is 3.93. The third-order valence-corrected chi connectivity index (χ3v) is 1.80. The molecule has 0 fully saturated rings. The average molecular weight is 154 g/mol. The Morgan fingerprint density at radius 1 is 1.55 bits per heavy atom. The molecule has 0 unspecified atom stereocenters. The summed E-state index contributed by atoms with van der Waals surface area (Å²) in [6.45, 7) is 8.96. The first-order chi connectivity index (χ1) is 5.11. The zero-order chi connectivity index (χ0) is 8.85. The van der Waals surface area contributed by atoms with E-state index in [-0.39, 0.29) is 0 Å². The van der Waals surface area contributed by atoms with Crippen LogP contribution in [0.1, 0.15) is 20.3 Å². The molecule has 2 heteroatoms. The van der Waals surface area contributed by atoms with E-state index < -0.39 is 0 Å². The van der Waals surface area contributed by atoms with E-state index in [0.29, 0.717) is 0 Å². The topological polar surface area (TPSA) is 15.6 Å². The highest BCUT2D eigenvalue weighted by atomic mass is 15.1. The summed E-state index contributed by atoms with van der Waals surface area (Å²) in [5.74, 6) is 0. The van der Waals surface area contributed by atoms with Crippen molar-refractivity contribution in [1.29, 1.82) is 0 Å². The summed E-state index contributed by atoms with van der Waals surface area (Å²) in [7, 11) is 3.86. The summed E-state index contributed by atoms with van der Waals surface area (Å²) in [5.41, 5.74) is 2.30. The van der Waals surface area contributed by atoms with Crippen LogP contribution in [-0.4, -0.2) is 31.3 Å². The molecule has 0 radical (unpaired) electrons. The molecular weight excluding hydrogens is 136 g/mol. The fraction of sp³-hybridized carbons (Fsp3) is 0.667. The number of rotatable bonds is 4. The highest BCUT2D eigenvalue weighted by molar-refractivity contribution is 5.83. The van der Waals surface area contributed by atoms with Gasteiger partial charge in [0.25, 0.3) is 0 Å². The quantitative estimate of drug-likeness (QED) is 0.565. The van der Waals surface area contributed by atoms with Crippen molar-refractivity contribution in [3.8, 4) is 0 Å². The minimum absolute atomic E-state index is 0.892. The molecule has 11 heavy (non-hydrogen) atoms. The Morgan fingerprint density at radius 3 is 2.45 bits per heavy atom. The molecule has 0 aliphatic heterocycles. The van der Waals surface area contributed by atoms with Gasteiger partial charge >= 0.3 is 0 Å². The summed E-state index contributed by atoms with van der Waals surface area (Å²) in [6.07, 6.45) is 1.01. The normalized spacial score (nSPS) is 11.5. The number of nitrogens with zero attached hydrogens (tertiary/aromatic N) is 2. The van der Waals surface area contributed by atoms with Gasteiger partial charge in [0.15, 0.2) is 0 Å². The molecule has 0 aliphatic carbocycles. The lowest BCUT2D eigenvalue weighted by Crippen LogP contribution is -2.23. The first-order valence-electron chi connectivity index (χ1n) is 3.93. The third kappa shape index (κ3) is 3.81. The average Bonchev–Trinajstić information content (AvgIpc) is 2.02. The second-order valence-corrected chi connectivity index (χ2v) is 2.73. The van der Waals surface area contributed by atoms with E-state index in [0.717, 1.165) is 24.4 Å². The number of allylic oxidation sites excluding steroid dienone is 1. The van der Waals surface area contributed by atoms with Crippen molar-refractivity contribution in [3.63, 3.8) is 0 Å². The van der Waals surface area contributed by atoms with Gasteiger partial charge in [0.2, 0.25) is 0 Å². The van der Waals surface area contributed by atoms with Crippen molar-refractivity contribution >= 4 is 5.71 Å². The van der Waals surface area contributed by atoms with Crippen LogP contribution in [0, 0.1) is 0 Å². The smallest absolute Gasteiger partial charge is 0.0548 e. The van der Waals surface area contributed by atoms with Crippen LogP contribution in [0.2, 0.25) is 0 Å². The second kappa shape index (κ2) is 4.94. The molecular formula is C9H18N2. The van der Waals surface area contributed by atoms with Gasteiger partial charge in [-0.3, -0.25) is 4.99 Å². The van der Waals surface area contributed by atoms with E-state index in [9.17, 15) is 0 Å². The van der Waals surface area contributed by atoms with Gasteiger partial charge in [0.05, 0.1) is 6.54 Å². The Balaban J connectivity index is 3.87. The number of aliphatic imine (C=N–C) groups is 1. The molecule has 0 aromatic rings. The monoisotopic (exact) mass is 154 g/mol. The molecule has 0 N–H and O–H groups in total. The SMILES string of the molecule is C=C(CC)N(C)CC(C)=NC. The van der Waals surface area contributed by atoms with Crippen LogP contribution < -0.4 is 0 Å². The molecule has 0 heterocycles. The Labute approximate surface area is 69.6 Å². The lowest BCUT2D eigenvalue weighted by atomic mass is 10.3. The van der Waals surface area contributed by atoms with E-state index in [1.165, 1.54) is 0 Å². The number of hydrogen-bond donors (Lipinski definition) is 0. The lowest BCUT2D eigenvalue weighted by molar-refractivity contribution is 0.463. The van der Waals surface area contributed by atoms with Crippen molar-refractivity contribution in [2.45, 2.75) is 20.3 Å². The van der Waals surface area contributed by atoms with Crippen molar-refractivity contribution in [1.82, 2.24) is 4.90 Å².